The van der Waals surface area contributed by atoms with E-state index < -0.39 is 11.9 Å². The summed E-state index contributed by atoms with van der Waals surface area (Å²) in [5.41, 5.74) is 0. The van der Waals surface area contributed by atoms with Crippen molar-refractivity contribution < 1.29 is 19.8 Å². The Morgan fingerprint density at radius 3 is 0.811 bits per heavy atom. The Balaban J connectivity index is -0.000000608. The van der Waals surface area contributed by atoms with Gasteiger partial charge in [-0.25, -0.2) is 0 Å². The largest absolute Gasteiger partial charge is 2.00 e. The molecular formula is C32H62CaO4. The molecule has 0 spiro atoms. The second-order valence-electron chi connectivity index (χ2n) is 10.8. The van der Waals surface area contributed by atoms with Crippen LogP contribution in [0, 0.1) is 11.8 Å². The molecule has 0 saturated carbocycles. The van der Waals surface area contributed by atoms with Gasteiger partial charge in [-0.05, 0) is 37.5 Å². The fourth-order valence-corrected chi connectivity index (χ4v) is 4.74. The van der Waals surface area contributed by atoms with Crippen molar-refractivity contribution in [2.24, 2.45) is 11.8 Å². The van der Waals surface area contributed by atoms with Crippen LogP contribution >= 0.6 is 0 Å². The first kappa shape index (κ1) is 41.7. The molecule has 216 valence electrons. The first-order valence-corrected chi connectivity index (χ1v) is 15.9. The molecule has 0 amide bonds. The van der Waals surface area contributed by atoms with E-state index in [1.807, 2.05) is 0 Å². The van der Waals surface area contributed by atoms with Crippen molar-refractivity contribution >= 4 is 49.7 Å². The zero-order valence-electron chi connectivity index (χ0n) is 25.5. The number of carboxylic acid groups (broad SMARTS) is 2. The fraction of sp³-hybridized carbons (Fsp3) is 0.938. The molecule has 0 aromatic carbocycles. The summed E-state index contributed by atoms with van der Waals surface area (Å²) in [7, 11) is 0. The molecule has 0 saturated heterocycles. The van der Waals surface area contributed by atoms with Crippen LogP contribution in [0.2, 0.25) is 0 Å². The van der Waals surface area contributed by atoms with Gasteiger partial charge in [0, 0.05) is 11.9 Å². The monoisotopic (exact) mass is 550 g/mol. The van der Waals surface area contributed by atoms with E-state index in [1.54, 1.807) is 0 Å². The van der Waals surface area contributed by atoms with Crippen molar-refractivity contribution in [1.29, 1.82) is 0 Å². The Bertz CT molecular complexity index is 428. The second kappa shape index (κ2) is 34.2. The minimum atomic E-state index is -0.833. The average Bonchev–Trinajstić information content (AvgIpc) is 2.86. The molecule has 0 heterocycles. The molecule has 0 fully saturated rings. The van der Waals surface area contributed by atoms with Crippen LogP contribution < -0.4 is 10.2 Å². The number of rotatable bonds is 26. The molecule has 0 N–H and O–H groups in total. The Morgan fingerprint density at radius 1 is 0.405 bits per heavy atom. The summed E-state index contributed by atoms with van der Waals surface area (Å²) in [5.74, 6) is -2.07. The number of carbonyl (C=O) groups excluding carboxylic acids is 2. The van der Waals surface area contributed by atoms with Crippen molar-refractivity contribution in [3.63, 3.8) is 0 Å². The quantitative estimate of drug-likeness (QED) is 0.0814. The summed E-state index contributed by atoms with van der Waals surface area (Å²) >= 11 is 0. The van der Waals surface area contributed by atoms with Crippen LogP contribution in [0.15, 0.2) is 0 Å². The van der Waals surface area contributed by atoms with Gasteiger partial charge in [-0.15, -0.1) is 0 Å². The molecule has 0 aromatic rings. The standard InChI is InChI=1S/2C16H32O2.Ca/c2*1-3-5-7-9-10-12-14-15(16(17)18)13-11-8-6-4-2;/h2*15H,3-14H2,1-2H3,(H,17,18);/q;;+2/p-2. The van der Waals surface area contributed by atoms with Gasteiger partial charge in [0.15, 0.2) is 0 Å². The number of unbranched alkanes of at least 4 members (excludes halogenated alkanes) is 16. The Labute approximate surface area is 261 Å². The van der Waals surface area contributed by atoms with Gasteiger partial charge in [0.25, 0.3) is 0 Å². The van der Waals surface area contributed by atoms with Gasteiger partial charge in [0.05, 0.1) is 0 Å². The summed E-state index contributed by atoms with van der Waals surface area (Å²) in [5, 5.41) is 22.0. The van der Waals surface area contributed by atoms with Crippen LogP contribution in [-0.2, 0) is 9.59 Å². The smallest absolute Gasteiger partial charge is 0.550 e. The van der Waals surface area contributed by atoms with E-state index in [9.17, 15) is 19.8 Å². The predicted octanol–water partition coefficient (Wildman–Crippen LogP) is 7.77. The molecule has 0 radical (unpaired) electrons. The summed E-state index contributed by atoms with van der Waals surface area (Å²) in [4.78, 5) is 22.0. The molecule has 5 heteroatoms. The third-order valence-electron chi connectivity index (χ3n) is 7.29. The first-order chi connectivity index (χ1) is 17.4. The van der Waals surface area contributed by atoms with Crippen LogP contribution in [0.1, 0.15) is 182 Å². The summed E-state index contributed by atoms with van der Waals surface area (Å²) in [6.45, 7) is 8.77. The first-order valence-electron chi connectivity index (χ1n) is 15.9. The second-order valence-corrected chi connectivity index (χ2v) is 10.8. The van der Waals surface area contributed by atoms with Gasteiger partial charge in [-0.3, -0.25) is 0 Å². The van der Waals surface area contributed by atoms with Crippen LogP contribution in [-0.4, -0.2) is 49.7 Å². The number of carbonyl (C=O) groups is 2. The van der Waals surface area contributed by atoms with Gasteiger partial charge >= 0.3 is 37.7 Å². The SMILES string of the molecule is CCCCCCCCC(CCCCCC)C(=O)[O-].CCCCCCCCC(CCCCCC)C(=O)[O-].[Ca+2]. The Hall–Kier alpha value is 0.200. The molecule has 0 aromatic heterocycles. The normalized spacial score (nSPS) is 12.2. The van der Waals surface area contributed by atoms with Crippen molar-refractivity contribution in [2.75, 3.05) is 0 Å². The van der Waals surface area contributed by atoms with Crippen molar-refractivity contribution in [2.45, 2.75) is 182 Å². The van der Waals surface area contributed by atoms with Crippen LogP contribution in [0.4, 0.5) is 0 Å². The van der Waals surface area contributed by atoms with E-state index in [4.69, 9.17) is 0 Å². The molecular weight excluding hydrogens is 488 g/mol. The van der Waals surface area contributed by atoms with Gasteiger partial charge in [0.1, 0.15) is 0 Å². The van der Waals surface area contributed by atoms with E-state index in [0.717, 1.165) is 64.2 Å². The van der Waals surface area contributed by atoms with Gasteiger partial charge in [0.2, 0.25) is 0 Å². The summed E-state index contributed by atoms with van der Waals surface area (Å²) in [6.07, 6.45) is 27.2. The summed E-state index contributed by atoms with van der Waals surface area (Å²) < 4.78 is 0. The minimum absolute atomic E-state index is 0. The number of hydrogen-bond acceptors (Lipinski definition) is 4. The van der Waals surface area contributed by atoms with Gasteiger partial charge in [-0.1, -0.05) is 156 Å². The number of carboxylic acids is 2. The van der Waals surface area contributed by atoms with E-state index in [2.05, 4.69) is 27.7 Å². The van der Waals surface area contributed by atoms with Crippen molar-refractivity contribution in [1.82, 2.24) is 0 Å². The summed E-state index contributed by atoms with van der Waals surface area (Å²) in [6, 6.07) is 0. The number of aliphatic carboxylic acids is 2. The average molecular weight is 551 g/mol. The van der Waals surface area contributed by atoms with E-state index in [1.165, 1.54) is 89.9 Å². The van der Waals surface area contributed by atoms with Crippen molar-refractivity contribution in [3.8, 4) is 0 Å². The van der Waals surface area contributed by atoms with Crippen LogP contribution in [0.25, 0.3) is 0 Å². The molecule has 0 rings (SSSR count). The fourth-order valence-electron chi connectivity index (χ4n) is 4.74. The molecule has 0 aliphatic heterocycles. The van der Waals surface area contributed by atoms with E-state index in [-0.39, 0.29) is 49.6 Å². The van der Waals surface area contributed by atoms with Gasteiger partial charge < -0.3 is 19.8 Å². The van der Waals surface area contributed by atoms with Crippen LogP contribution in [0.5, 0.6) is 0 Å². The molecule has 0 aliphatic carbocycles. The van der Waals surface area contributed by atoms with Crippen molar-refractivity contribution in [3.05, 3.63) is 0 Å². The molecule has 37 heavy (non-hydrogen) atoms. The molecule has 4 nitrogen and oxygen atoms in total. The molecule has 0 aliphatic rings. The minimum Gasteiger partial charge on any atom is -0.550 e. The van der Waals surface area contributed by atoms with E-state index >= 15 is 0 Å². The maximum Gasteiger partial charge on any atom is 2.00 e. The molecule has 0 bridgehead atoms. The number of hydrogen-bond donors (Lipinski definition) is 0. The Morgan fingerprint density at radius 2 is 0.595 bits per heavy atom. The zero-order valence-corrected chi connectivity index (χ0v) is 27.7. The maximum atomic E-state index is 11.0. The maximum absolute atomic E-state index is 11.0. The third kappa shape index (κ3) is 32.3. The topological polar surface area (TPSA) is 80.3 Å². The van der Waals surface area contributed by atoms with E-state index in [0.29, 0.717) is 0 Å². The predicted molar refractivity (Wildman–Crippen MR) is 156 cm³/mol. The third-order valence-corrected chi connectivity index (χ3v) is 7.29. The van der Waals surface area contributed by atoms with Gasteiger partial charge in [-0.2, -0.15) is 0 Å². The molecule has 2 atom stereocenters. The van der Waals surface area contributed by atoms with Crippen LogP contribution in [0.3, 0.4) is 0 Å². The Kier molecular flexibility index (Phi) is 38.6. The molecule has 2 unspecified atom stereocenters. The zero-order chi connectivity index (χ0) is 27.3.